The van der Waals surface area contributed by atoms with Crippen molar-refractivity contribution < 1.29 is 9.84 Å². The molecule has 1 heterocycles. The lowest BCUT2D eigenvalue weighted by molar-refractivity contribution is 0.0122. The van der Waals surface area contributed by atoms with Gasteiger partial charge >= 0.3 is 0 Å². The fourth-order valence-corrected chi connectivity index (χ4v) is 2.09. The first-order valence-corrected chi connectivity index (χ1v) is 6.28. The van der Waals surface area contributed by atoms with Gasteiger partial charge in [-0.05, 0) is 44.2 Å². The summed E-state index contributed by atoms with van der Waals surface area (Å²) in [7, 11) is 0. The number of rotatable bonds is 4. The highest BCUT2D eigenvalue weighted by molar-refractivity contribution is 5.17. The fraction of sp³-hybridized carbons (Fsp3) is 0.467. The number of aliphatic hydroxyl groups is 1. The molecule has 1 aromatic carbocycles. The normalized spacial score (nSPS) is 19.1. The van der Waals surface area contributed by atoms with E-state index in [4.69, 9.17) is 4.74 Å². The van der Waals surface area contributed by atoms with Gasteiger partial charge in [0.05, 0.1) is 6.61 Å². The molecule has 1 N–H and O–H groups in total. The van der Waals surface area contributed by atoms with E-state index in [2.05, 4.69) is 12.1 Å². The molecule has 0 aliphatic carbocycles. The summed E-state index contributed by atoms with van der Waals surface area (Å²) < 4.78 is 5.54. The first-order valence-electron chi connectivity index (χ1n) is 6.28. The molecule has 1 aliphatic rings. The predicted octanol–water partition coefficient (Wildman–Crippen LogP) is 3.06. The Hall–Kier alpha value is -1.28. The Labute approximate surface area is 103 Å². The lowest BCUT2D eigenvalue weighted by Gasteiger charge is -2.29. The summed E-state index contributed by atoms with van der Waals surface area (Å²) in [5.41, 5.74) is 0.417. The molecule has 2 rings (SSSR count). The Balaban J connectivity index is 1.95. The van der Waals surface area contributed by atoms with E-state index >= 15 is 0 Å². The highest BCUT2D eigenvalue weighted by Gasteiger charge is 2.28. The Morgan fingerprint density at radius 2 is 2.06 bits per heavy atom. The Morgan fingerprint density at radius 3 is 2.71 bits per heavy atom. The smallest absolute Gasteiger partial charge is 0.123 e. The van der Waals surface area contributed by atoms with Crippen LogP contribution in [0.3, 0.4) is 0 Å². The quantitative estimate of drug-likeness (QED) is 0.864. The average molecular weight is 232 g/mol. The molecule has 0 bridgehead atoms. The maximum absolute atomic E-state index is 10.4. The molecule has 0 fully saturated rings. The molecule has 1 aromatic rings. The summed E-state index contributed by atoms with van der Waals surface area (Å²) in [6.07, 6.45) is 5.65. The molecular formula is C15H20O2. The minimum Gasteiger partial charge on any atom is -0.495 e. The van der Waals surface area contributed by atoms with Gasteiger partial charge in [-0.2, -0.15) is 0 Å². The summed E-state index contributed by atoms with van der Waals surface area (Å²) in [5, 5.41) is 10.4. The first kappa shape index (κ1) is 12.2. The lowest BCUT2D eigenvalue weighted by atomic mass is 9.93. The van der Waals surface area contributed by atoms with Crippen molar-refractivity contribution in [2.75, 3.05) is 6.61 Å². The maximum Gasteiger partial charge on any atom is 0.123 e. The first-order chi connectivity index (χ1) is 8.18. The molecule has 0 saturated carbocycles. The molecule has 1 atom stereocenters. The van der Waals surface area contributed by atoms with E-state index < -0.39 is 5.60 Å². The SMILES string of the molecule is CC(O)(CCc1ccccc1)C1=CCCCO1. The van der Waals surface area contributed by atoms with Crippen molar-refractivity contribution in [3.05, 3.63) is 47.7 Å². The third-order valence-electron chi connectivity index (χ3n) is 3.21. The molecule has 2 nitrogen and oxygen atoms in total. The van der Waals surface area contributed by atoms with Gasteiger partial charge in [-0.3, -0.25) is 0 Å². The minimum absolute atomic E-state index is 0.697. The van der Waals surface area contributed by atoms with Gasteiger partial charge in [-0.25, -0.2) is 0 Å². The topological polar surface area (TPSA) is 29.5 Å². The van der Waals surface area contributed by atoms with Crippen LogP contribution in [0.2, 0.25) is 0 Å². The molecule has 0 amide bonds. The van der Waals surface area contributed by atoms with Gasteiger partial charge in [0.1, 0.15) is 11.4 Å². The van der Waals surface area contributed by atoms with Crippen molar-refractivity contribution in [2.45, 2.75) is 38.2 Å². The van der Waals surface area contributed by atoms with Gasteiger partial charge in [0.2, 0.25) is 0 Å². The molecule has 0 saturated heterocycles. The van der Waals surface area contributed by atoms with Gasteiger partial charge in [0.15, 0.2) is 0 Å². The second-order valence-corrected chi connectivity index (χ2v) is 4.82. The van der Waals surface area contributed by atoms with Gasteiger partial charge < -0.3 is 9.84 Å². The van der Waals surface area contributed by atoms with Gasteiger partial charge in [-0.15, -0.1) is 0 Å². The molecule has 0 spiro atoms. The molecule has 2 heteroatoms. The number of allylic oxidation sites excluding steroid dienone is 1. The monoisotopic (exact) mass is 232 g/mol. The van der Waals surface area contributed by atoms with E-state index in [9.17, 15) is 5.11 Å². The lowest BCUT2D eigenvalue weighted by Crippen LogP contribution is -2.30. The van der Waals surface area contributed by atoms with E-state index in [1.807, 2.05) is 31.2 Å². The molecule has 0 radical (unpaired) electrons. The zero-order valence-corrected chi connectivity index (χ0v) is 10.4. The summed E-state index contributed by atoms with van der Waals surface area (Å²) in [5.74, 6) is 0.750. The second kappa shape index (κ2) is 5.37. The molecule has 1 unspecified atom stereocenters. The molecule has 92 valence electrons. The number of benzene rings is 1. The van der Waals surface area contributed by atoms with E-state index in [-0.39, 0.29) is 0 Å². The van der Waals surface area contributed by atoms with Crippen molar-refractivity contribution >= 4 is 0 Å². The standard InChI is InChI=1S/C15H20O2/c1-15(16,14-9-5-6-12-17-14)11-10-13-7-3-2-4-8-13/h2-4,7-9,16H,5-6,10-12H2,1H3. The van der Waals surface area contributed by atoms with Crippen molar-refractivity contribution in [2.24, 2.45) is 0 Å². The van der Waals surface area contributed by atoms with Crippen LogP contribution in [0.1, 0.15) is 31.7 Å². The van der Waals surface area contributed by atoms with Crippen LogP contribution < -0.4 is 0 Å². The van der Waals surface area contributed by atoms with Crippen LogP contribution in [0.5, 0.6) is 0 Å². The number of aryl methyl sites for hydroxylation is 1. The third kappa shape index (κ3) is 3.34. The summed E-state index contributed by atoms with van der Waals surface area (Å²) in [6, 6.07) is 10.2. The van der Waals surface area contributed by atoms with Crippen LogP contribution in [0.25, 0.3) is 0 Å². The molecular weight excluding hydrogens is 212 g/mol. The Kier molecular flexibility index (Phi) is 3.85. The van der Waals surface area contributed by atoms with Crippen molar-refractivity contribution in [3.63, 3.8) is 0 Å². The predicted molar refractivity (Wildman–Crippen MR) is 68.7 cm³/mol. The fourth-order valence-electron chi connectivity index (χ4n) is 2.09. The number of hydrogen-bond donors (Lipinski definition) is 1. The highest BCUT2D eigenvalue weighted by atomic mass is 16.5. The van der Waals surface area contributed by atoms with Crippen molar-refractivity contribution in [3.8, 4) is 0 Å². The van der Waals surface area contributed by atoms with E-state index in [1.54, 1.807) is 0 Å². The summed E-state index contributed by atoms with van der Waals surface area (Å²) in [4.78, 5) is 0. The van der Waals surface area contributed by atoms with Crippen LogP contribution >= 0.6 is 0 Å². The minimum atomic E-state index is -0.837. The van der Waals surface area contributed by atoms with E-state index in [0.29, 0.717) is 6.42 Å². The highest BCUT2D eigenvalue weighted by Crippen LogP contribution is 2.26. The molecule has 0 aromatic heterocycles. The molecule has 1 aliphatic heterocycles. The van der Waals surface area contributed by atoms with Crippen LogP contribution in [-0.2, 0) is 11.2 Å². The summed E-state index contributed by atoms with van der Waals surface area (Å²) >= 11 is 0. The van der Waals surface area contributed by atoms with E-state index in [0.717, 1.165) is 31.6 Å². The zero-order chi connectivity index (χ0) is 12.1. The van der Waals surface area contributed by atoms with Crippen LogP contribution in [-0.4, -0.2) is 17.3 Å². The Bertz CT molecular complexity index is 379. The third-order valence-corrected chi connectivity index (χ3v) is 3.21. The number of hydrogen-bond acceptors (Lipinski definition) is 2. The van der Waals surface area contributed by atoms with Crippen LogP contribution in [0.4, 0.5) is 0 Å². The molecule has 17 heavy (non-hydrogen) atoms. The van der Waals surface area contributed by atoms with Crippen molar-refractivity contribution in [1.82, 2.24) is 0 Å². The van der Waals surface area contributed by atoms with Gasteiger partial charge in [0, 0.05) is 0 Å². The van der Waals surface area contributed by atoms with Crippen LogP contribution in [0.15, 0.2) is 42.2 Å². The van der Waals surface area contributed by atoms with Gasteiger partial charge in [0.25, 0.3) is 0 Å². The van der Waals surface area contributed by atoms with Gasteiger partial charge in [-0.1, -0.05) is 30.3 Å². The van der Waals surface area contributed by atoms with Crippen LogP contribution in [0, 0.1) is 0 Å². The van der Waals surface area contributed by atoms with Crippen molar-refractivity contribution in [1.29, 1.82) is 0 Å². The summed E-state index contributed by atoms with van der Waals surface area (Å²) in [6.45, 7) is 2.57. The Morgan fingerprint density at radius 1 is 1.29 bits per heavy atom. The van der Waals surface area contributed by atoms with E-state index in [1.165, 1.54) is 5.56 Å². The maximum atomic E-state index is 10.4. The second-order valence-electron chi connectivity index (χ2n) is 4.82. The number of ether oxygens (including phenoxy) is 1. The zero-order valence-electron chi connectivity index (χ0n) is 10.4. The largest absolute Gasteiger partial charge is 0.495 e. The average Bonchev–Trinajstić information content (AvgIpc) is 2.39.